The van der Waals surface area contributed by atoms with Crippen LogP contribution in [-0.2, 0) is 21.4 Å². The van der Waals surface area contributed by atoms with E-state index in [4.69, 9.17) is 26.8 Å². The van der Waals surface area contributed by atoms with Crippen LogP contribution in [0.4, 0.5) is 0 Å². The van der Waals surface area contributed by atoms with E-state index in [1.165, 1.54) is 11.8 Å². The predicted molar refractivity (Wildman–Crippen MR) is 177 cm³/mol. The van der Waals surface area contributed by atoms with Crippen molar-refractivity contribution in [1.82, 2.24) is 19.0 Å². The van der Waals surface area contributed by atoms with E-state index in [1.807, 2.05) is 60.8 Å². The average molecular weight is 659 g/mol. The van der Waals surface area contributed by atoms with Gasteiger partial charge >= 0.3 is 0 Å². The molecule has 1 aromatic heterocycles. The van der Waals surface area contributed by atoms with Crippen molar-refractivity contribution in [2.75, 3.05) is 19.9 Å². The van der Waals surface area contributed by atoms with Gasteiger partial charge in [0.05, 0.1) is 22.0 Å². The molecular formula is C33H30N4O5S3. The standard InChI is InChI=1S/C33H30N4O5S3/c1-22-12-14-35(15-13-22)45(39,40)27-9-5-6-24(17-27)31-25(20-37(34-31)26-7-3-2-4-8-26)18-30-32(38)36(33(43)44-30)19-23-10-11-28-29(16-23)42-21-41-28/h2-11,16-18,20,22H,12-15,19,21H2,1H3/b30-18-. The van der Waals surface area contributed by atoms with E-state index < -0.39 is 10.0 Å². The highest BCUT2D eigenvalue weighted by molar-refractivity contribution is 8.26. The summed E-state index contributed by atoms with van der Waals surface area (Å²) in [6.45, 7) is 3.64. The van der Waals surface area contributed by atoms with Crippen LogP contribution < -0.4 is 9.47 Å². The first-order chi connectivity index (χ1) is 21.8. The number of hydrogen-bond donors (Lipinski definition) is 0. The molecule has 0 bridgehead atoms. The van der Waals surface area contributed by atoms with Crippen LogP contribution in [0.2, 0.25) is 0 Å². The molecule has 45 heavy (non-hydrogen) atoms. The number of hydrogen-bond acceptors (Lipinski definition) is 8. The van der Waals surface area contributed by atoms with Gasteiger partial charge in [-0.2, -0.15) is 9.40 Å². The molecule has 0 spiro atoms. The molecule has 12 heteroatoms. The summed E-state index contributed by atoms with van der Waals surface area (Å²) in [6, 6.07) is 22.1. The molecule has 230 valence electrons. The van der Waals surface area contributed by atoms with Gasteiger partial charge in [0, 0.05) is 30.4 Å². The molecular weight excluding hydrogens is 629 g/mol. The van der Waals surface area contributed by atoms with Crippen molar-refractivity contribution in [2.45, 2.75) is 31.2 Å². The van der Waals surface area contributed by atoms with Gasteiger partial charge in [0.15, 0.2) is 11.5 Å². The van der Waals surface area contributed by atoms with Crippen LogP contribution in [0.3, 0.4) is 0 Å². The fraction of sp³-hybridized carbons (Fsp3) is 0.242. The Morgan fingerprint density at radius 3 is 2.58 bits per heavy atom. The fourth-order valence-electron chi connectivity index (χ4n) is 5.61. The number of rotatable bonds is 7. The highest BCUT2D eigenvalue weighted by Crippen LogP contribution is 2.38. The van der Waals surface area contributed by atoms with Gasteiger partial charge in [-0.05, 0) is 66.8 Å². The van der Waals surface area contributed by atoms with Gasteiger partial charge in [0.2, 0.25) is 16.8 Å². The van der Waals surface area contributed by atoms with E-state index in [0.29, 0.717) is 63.1 Å². The van der Waals surface area contributed by atoms with Crippen LogP contribution >= 0.6 is 24.0 Å². The third-order valence-electron chi connectivity index (χ3n) is 8.19. The number of piperidine rings is 1. The van der Waals surface area contributed by atoms with Crippen molar-refractivity contribution >= 4 is 50.3 Å². The minimum atomic E-state index is -3.67. The average Bonchev–Trinajstić information content (AvgIpc) is 3.76. The summed E-state index contributed by atoms with van der Waals surface area (Å²) in [4.78, 5) is 15.9. The second kappa shape index (κ2) is 12.1. The third-order valence-corrected chi connectivity index (χ3v) is 11.5. The number of sulfonamides is 1. The Kier molecular flexibility index (Phi) is 7.98. The predicted octanol–water partition coefficient (Wildman–Crippen LogP) is 6.09. The molecule has 4 heterocycles. The molecule has 3 aromatic carbocycles. The lowest BCUT2D eigenvalue weighted by atomic mass is 10.0. The van der Waals surface area contributed by atoms with Gasteiger partial charge in [-0.3, -0.25) is 9.69 Å². The van der Waals surface area contributed by atoms with E-state index in [9.17, 15) is 13.2 Å². The molecule has 0 radical (unpaired) electrons. The van der Waals surface area contributed by atoms with Gasteiger partial charge < -0.3 is 9.47 Å². The quantitative estimate of drug-likeness (QED) is 0.174. The van der Waals surface area contributed by atoms with Gasteiger partial charge in [0.25, 0.3) is 5.91 Å². The molecule has 1 amide bonds. The lowest BCUT2D eigenvalue weighted by Crippen LogP contribution is -2.37. The number of aromatic nitrogens is 2. The second-order valence-electron chi connectivity index (χ2n) is 11.3. The van der Waals surface area contributed by atoms with Gasteiger partial charge in [-0.25, -0.2) is 13.1 Å². The van der Waals surface area contributed by atoms with E-state index in [-0.39, 0.29) is 17.6 Å². The SMILES string of the molecule is CC1CCN(S(=O)(=O)c2cccc(-c3nn(-c4ccccc4)cc3/C=C3\SC(=S)N(Cc4ccc5c(c4)OCO5)C3=O)c2)CC1. The van der Waals surface area contributed by atoms with Crippen molar-refractivity contribution in [3.8, 4) is 28.4 Å². The molecule has 0 saturated carbocycles. The number of ether oxygens (including phenoxy) is 2. The lowest BCUT2D eigenvalue weighted by molar-refractivity contribution is -0.122. The van der Waals surface area contributed by atoms with Crippen molar-refractivity contribution in [3.05, 3.63) is 95.0 Å². The van der Waals surface area contributed by atoms with E-state index in [1.54, 1.807) is 38.2 Å². The largest absolute Gasteiger partial charge is 0.454 e. The summed E-state index contributed by atoms with van der Waals surface area (Å²) in [7, 11) is -3.67. The Balaban J connectivity index is 1.23. The molecule has 9 nitrogen and oxygen atoms in total. The van der Waals surface area contributed by atoms with Crippen LogP contribution in [0.15, 0.2) is 88.8 Å². The summed E-state index contributed by atoms with van der Waals surface area (Å²) in [5.74, 6) is 1.62. The third kappa shape index (κ3) is 5.90. The number of para-hydroxylation sites is 1. The number of benzene rings is 3. The molecule has 0 atom stereocenters. The molecule has 0 aliphatic carbocycles. The topological polar surface area (TPSA) is 94.0 Å². The molecule has 0 unspecified atom stereocenters. The van der Waals surface area contributed by atoms with Gasteiger partial charge in [-0.15, -0.1) is 0 Å². The van der Waals surface area contributed by atoms with Gasteiger partial charge in [-0.1, -0.05) is 67.3 Å². The van der Waals surface area contributed by atoms with Crippen molar-refractivity contribution in [2.24, 2.45) is 5.92 Å². The second-order valence-corrected chi connectivity index (χ2v) is 14.9. The molecule has 2 saturated heterocycles. The van der Waals surface area contributed by atoms with Crippen molar-refractivity contribution in [1.29, 1.82) is 0 Å². The minimum absolute atomic E-state index is 0.175. The molecule has 4 aromatic rings. The summed E-state index contributed by atoms with van der Waals surface area (Å²) >= 11 is 6.85. The Labute approximate surface area is 271 Å². The monoisotopic (exact) mass is 658 g/mol. The van der Waals surface area contributed by atoms with Crippen LogP contribution in [0.25, 0.3) is 23.0 Å². The lowest BCUT2D eigenvalue weighted by Gasteiger charge is -2.29. The molecule has 3 aliphatic rings. The first-order valence-electron chi connectivity index (χ1n) is 14.7. The summed E-state index contributed by atoms with van der Waals surface area (Å²) < 4.78 is 41.9. The maximum atomic E-state index is 13.6. The number of thiocarbonyl (C=S) groups is 1. The number of carbonyl (C=O) groups is 1. The zero-order chi connectivity index (χ0) is 31.1. The Bertz CT molecular complexity index is 1930. The maximum Gasteiger partial charge on any atom is 0.266 e. The molecule has 7 rings (SSSR count). The van der Waals surface area contributed by atoms with Crippen LogP contribution in [-0.4, -0.2) is 57.5 Å². The van der Waals surface area contributed by atoms with Crippen molar-refractivity contribution in [3.63, 3.8) is 0 Å². The number of nitrogens with zero attached hydrogens (tertiary/aromatic N) is 4. The first-order valence-corrected chi connectivity index (χ1v) is 17.3. The normalized spacial score (nSPS) is 18.3. The van der Waals surface area contributed by atoms with Crippen LogP contribution in [0.5, 0.6) is 11.5 Å². The number of thioether (sulfide) groups is 1. The Morgan fingerprint density at radius 1 is 1.00 bits per heavy atom. The number of carbonyl (C=O) groups excluding carboxylic acids is 1. The molecule has 2 fully saturated rings. The number of amides is 1. The maximum absolute atomic E-state index is 13.6. The molecule has 3 aliphatic heterocycles. The minimum Gasteiger partial charge on any atom is -0.454 e. The first kappa shape index (κ1) is 29.7. The zero-order valence-electron chi connectivity index (χ0n) is 24.5. The fourth-order valence-corrected chi connectivity index (χ4v) is 8.37. The van der Waals surface area contributed by atoms with E-state index in [0.717, 1.165) is 24.1 Å². The highest BCUT2D eigenvalue weighted by Gasteiger charge is 2.33. The summed E-state index contributed by atoms with van der Waals surface area (Å²) in [5, 5.41) is 4.87. The van der Waals surface area contributed by atoms with Crippen LogP contribution in [0.1, 0.15) is 30.9 Å². The zero-order valence-corrected chi connectivity index (χ0v) is 26.9. The Hall–Kier alpha value is -3.97. The van der Waals surface area contributed by atoms with Crippen LogP contribution in [0, 0.1) is 5.92 Å². The van der Waals surface area contributed by atoms with Crippen molar-refractivity contribution < 1.29 is 22.7 Å². The van der Waals surface area contributed by atoms with E-state index in [2.05, 4.69) is 6.92 Å². The number of fused-ring (bicyclic) bond motifs is 1. The smallest absolute Gasteiger partial charge is 0.266 e. The van der Waals surface area contributed by atoms with E-state index >= 15 is 0 Å². The highest BCUT2D eigenvalue weighted by atomic mass is 32.2. The Morgan fingerprint density at radius 2 is 1.78 bits per heavy atom. The molecule has 0 N–H and O–H groups in total. The summed E-state index contributed by atoms with van der Waals surface area (Å²) in [6.07, 6.45) is 5.32. The van der Waals surface area contributed by atoms with Gasteiger partial charge in [0.1, 0.15) is 10.0 Å². The summed E-state index contributed by atoms with van der Waals surface area (Å²) in [5.41, 5.74) is 3.57.